The first kappa shape index (κ1) is 32.9. The normalized spacial score (nSPS) is 22.7. The molecule has 0 bridgehead atoms. The van der Waals surface area contributed by atoms with Crippen LogP contribution in [0.25, 0.3) is 0 Å². The van der Waals surface area contributed by atoms with Crippen LogP contribution in [0.4, 0.5) is 0 Å². The number of esters is 2. The zero-order valence-corrected chi connectivity index (χ0v) is 25.2. The molecule has 9 nitrogen and oxygen atoms in total. The van der Waals surface area contributed by atoms with E-state index in [2.05, 4.69) is 10.6 Å². The van der Waals surface area contributed by atoms with E-state index >= 15 is 0 Å². The minimum Gasteiger partial charge on any atom is -0.463 e. The lowest BCUT2D eigenvalue weighted by atomic mass is 9.93. The predicted molar refractivity (Wildman–Crippen MR) is 165 cm³/mol. The predicted octanol–water partition coefficient (Wildman–Crippen LogP) is 4.17. The highest BCUT2D eigenvalue weighted by molar-refractivity contribution is 5.89. The molecule has 4 rings (SSSR count). The van der Waals surface area contributed by atoms with Crippen molar-refractivity contribution in [1.82, 2.24) is 10.6 Å². The third-order valence-corrected chi connectivity index (χ3v) is 8.46. The first-order chi connectivity index (χ1) is 21.4. The second-order valence-corrected chi connectivity index (χ2v) is 11.9. The highest BCUT2D eigenvalue weighted by Gasteiger charge is 2.36. The van der Waals surface area contributed by atoms with E-state index in [-0.39, 0.29) is 32.1 Å². The molecular weight excluding hydrogens is 560 g/mol. The monoisotopic (exact) mass is 604 g/mol. The quantitative estimate of drug-likeness (QED) is 0.289. The van der Waals surface area contributed by atoms with Crippen molar-refractivity contribution in [2.24, 2.45) is 11.8 Å². The Labute approximate surface area is 259 Å². The number of aliphatic hydroxyl groups is 1. The molecule has 2 aromatic carbocycles. The number of aliphatic hydroxyl groups excluding tert-OH is 1. The maximum atomic E-state index is 13.6. The number of carbonyl (C=O) groups is 4. The van der Waals surface area contributed by atoms with Crippen LogP contribution in [0.15, 0.2) is 72.8 Å². The first-order valence-corrected chi connectivity index (χ1v) is 15.7. The van der Waals surface area contributed by atoms with Gasteiger partial charge in [-0.2, -0.15) is 0 Å². The Hall–Kier alpha value is -3.98. The van der Waals surface area contributed by atoms with Crippen molar-refractivity contribution in [2.45, 2.75) is 82.4 Å². The summed E-state index contributed by atoms with van der Waals surface area (Å²) in [7, 11) is 0. The average molecular weight is 605 g/mol. The number of hydrogen-bond donors (Lipinski definition) is 3. The summed E-state index contributed by atoms with van der Waals surface area (Å²) < 4.78 is 11.2. The molecule has 0 spiro atoms. The van der Waals surface area contributed by atoms with Crippen LogP contribution in [0.1, 0.15) is 68.9 Å². The average Bonchev–Trinajstić information content (AvgIpc) is 3.51. The Morgan fingerprint density at radius 1 is 0.932 bits per heavy atom. The third-order valence-electron chi connectivity index (χ3n) is 8.46. The smallest absolute Gasteiger partial charge is 0.332 e. The molecule has 236 valence electrons. The van der Waals surface area contributed by atoms with Gasteiger partial charge in [0.1, 0.15) is 13.2 Å². The van der Waals surface area contributed by atoms with Crippen LogP contribution in [-0.2, 0) is 41.7 Å². The number of rotatable bonds is 9. The third kappa shape index (κ3) is 10.0. The molecule has 1 aliphatic carbocycles. The second kappa shape index (κ2) is 16.8. The summed E-state index contributed by atoms with van der Waals surface area (Å²) in [6.07, 6.45) is 9.82. The summed E-state index contributed by atoms with van der Waals surface area (Å²) in [5.74, 6) is -3.18. The van der Waals surface area contributed by atoms with Crippen molar-refractivity contribution in [3.8, 4) is 0 Å². The maximum absolute atomic E-state index is 13.6. The lowest BCUT2D eigenvalue weighted by molar-refractivity contribution is -0.157. The number of benzene rings is 2. The van der Waals surface area contributed by atoms with Gasteiger partial charge >= 0.3 is 11.9 Å². The fourth-order valence-corrected chi connectivity index (χ4v) is 5.86. The van der Waals surface area contributed by atoms with E-state index in [4.69, 9.17) is 9.47 Å². The van der Waals surface area contributed by atoms with E-state index in [1.165, 1.54) is 0 Å². The SMILES string of the molecule is O=C(CC1CC=CCCCC(Cc2ccccc2)C(=O)OCC(C(=O)OCc2ccccc2)NC1=O)NC1(CO)CCCC1. The molecule has 1 saturated carbocycles. The van der Waals surface area contributed by atoms with E-state index in [0.717, 1.165) is 30.4 Å². The topological polar surface area (TPSA) is 131 Å². The van der Waals surface area contributed by atoms with Gasteiger partial charge < -0.3 is 25.2 Å². The van der Waals surface area contributed by atoms with Gasteiger partial charge in [0, 0.05) is 6.42 Å². The highest BCUT2D eigenvalue weighted by atomic mass is 16.6. The number of nitrogens with one attached hydrogen (secondary N) is 2. The van der Waals surface area contributed by atoms with Crippen LogP contribution >= 0.6 is 0 Å². The lowest BCUT2D eigenvalue weighted by Crippen LogP contribution is -2.51. The summed E-state index contributed by atoms with van der Waals surface area (Å²) in [6.45, 7) is -0.540. The maximum Gasteiger partial charge on any atom is 0.332 e. The second-order valence-electron chi connectivity index (χ2n) is 11.9. The van der Waals surface area contributed by atoms with E-state index in [1.54, 1.807) is 0 Å². The van der Waals surface area contributed by atoms with Crippen LogP contribution in [0.5, 0.6) is 0 Å². The number of cyclic esters (lactones) is 1. The molecule has 2 amide bonds. The zero-order valence-electron chi connectivity index (χ0n) is 25.2. The van der Waals surface area contributed by atoms with Gasteiger partial charge in [-0.05, 0) is 56.1 Å². The van der Waals surface area contributed by atoms with Crippen LogP contribution in [0, 0.1) is 11.8 Å². The molecule has 9 heteroatoms. The molecule has 3 N–H and O–H groups in total. The van der Waals surface area contributed by atoms with Gasteiger partial charge in [0.25, 0.3) is 0 Å². The van der Waals surface area contributed by atoms with Crippen LogP contribution in [0.2, 0.25) is 0 Å². The van der Waals surface area contributed by atoms with Gasteiger partial charge in [-0.25, -0.2) is 4.79 Å². The number of amides is 2. The van der Waals surface area contributed by atoms with E-state index < -0.39 is 41.3 Å². The van der Waals surface area contributed by atoms with Crippen LogP contribution in [-0.4, -0.2) is 53.7 Å². The largest absolute Gasteiger partial charge is 0.463 e. The molecule has 0 aromatic heterocycles. The first-order valence-electron chi connectivity index (χ1n) is 15.7. The van der Waals surface area contributed by atoms with E-state index in [9.17, 15) is 24.3 Å². The molecule has 2 aromatic rings. The van der Waals surface area contributed by atoms with Crippen molar-refractivity contribution >= 4 is 23.8 Å². The minimum atomic E-state index is -1.25. The number of allylic oxidation sites excluding steroid dienone is 2. The molecule has 0 radical (unpaired) electrons. The summed E-state index contributed by atoms with van der Waals surface area (Å²) >= 11 is 0. The Morgan fingerprint density at radius 2 is 1.61 bits per heavy atom. The summed E-state index contributed by atoms with van der Waals surface area (Å²) in [5.41, 5.74) is 1.14. The van der Waals surface area contributed by atoms with Crippen molar-refractivity contribution in [3.63, 3.8) is 0 Å². The minimum absolute atomic E-state index is 0.00552. The summed E-state index contributed by atoms with van der Waals surface area (Å²) in [6, 6.07) is 17.6. The summed E-state index contributed by atoms with van der Waals surface area (Å²) in [4.78, 5) is 53.1. The van der Waals surface area contributed by atoms with Gasteiger partial charge in [-0.15, -0.1) is 0 Å². The molecule has 1 fully saturated rings. The van der Waals surface area contributed by atoms with Gasteiger partial charge in [0.15, 0.2) is 6.04 Å². The van der Waals surface area contributed by atoms with Crippen molar-refractivity contribution < 1.29 is 33.8 Å². The lowest BCUT2D eigenvalue weighted by Gasteiger charge is -2.29. The number of ether oxygens (including phenoxy) is 2. The van der Waals surface area contributed by atoms with Crippen molar-refractivity contribution in [2.75, 3.05) is 13.2 Å². The van der Waals surface area contributed by atoms with E-state index in [1.807, 2.05) is 72.8 Å². The van der Waals surface area contributed by atoms with Crippen molar-refractivity contribution in [1.29, 1.82) is 0 Å². The molecule has 44 heavy (non-hydrogen) atoms. The molecule has 2 aliphatic rings. The molecule has 3 unspecified atom stereocenters. The van der Waals surface area contributed by atoms with Gasteiger partial charge in [-0.3, -0.25) is 14.4 Å². The Balaban J connectivity index is 1.49. The van der Waals surface area contributed by atoms with Gasteiger partial charge in [-0.1, -0.05) is 85.7 Å². The Kier molecular flexibility index (Phi) is 12.5. The molecule has 1 aliphatic heterocycles. The zero-order chi connectivity index (χ0) is 31.2. The molecular formula is C35H44N2O7. The number of hydrogen-bond acceptors (Lipinski definition) is 7. The molecule has 3 atom stereocenters. The standard InChI is InChI=1S/C35H44N2O7/c38-25-35(19-11-12-20-35)37-31(39)22-28-17-9-1-2-10-18-29(21-26-13-5-3-6-14-26)33(41)44-24-30(36-32(28)40)34(42)43-23-27-15-7-4-8-16-27/h1,3-9,13-16,28-30,38H,2,10-12,17-25H2,(H,36,40)(H,37,39). The Morgan fingerprint density at radius 3 is 2.30 bits per heavy atom. The molecule has 0 saturated heterocycles. The molecule has 1 heterocycles. The van der Waals surface area contributed by atoms with Crippen LogP contribution in [0.3, 0.4) is 0 Å². The number of carbonyl (C=O) groups excluding carboxylic acids is 4. The van der Waals surface area contributed by atoms with Gasteiger partial charge in [0.05, 0.1) is 24.0 Å². The fourth-order valence-electron chi connectivity index (χ4n) is 5.86. The van der Waals surface area contributed by atoms with Crippen molar-refractivity contribution in [3.05, 3.63) is 83.9 Å². The highest BCUT2D eigenvalue weighted by Crippen LogP contribution is 2.29. The fraction of sp³-hybridized carbons (Fsp3) is 0.486. The Bertz CT molecular complexity index is 1260. The van der Waals surface area contributed by atoms with Gasteiger partial charge in [0.2, 0.25) is 11.8 Å². The van der Waals surface area contributed by atoms with Crippen LogP contribution < -0.4 is 10.6 Å². The van der Waals surface area contributed by atoms with E-state index in [0.29, 0.717) is 38.5 Å². The summed E-state index contributed by atoms with van der Waals surface area (Å²) in [5, 5.41) is 15.6.